The predicted octanol–water partition coefficient (Wildman–Crippen LogP) is 3.25. The first kappa shape index (κ1) is 22.7. The average Bonchev–Trinajstić information content (AvgIpc) is 3.04. The molecule has 7 nitrogen and oxygen atoms in total. The highest BCUT2D eigenvalue weighted by Gasteiger charge is 2.27. The van der Waals surface area contributed by atoms with Crippen LogP contribution < -0.4 is 5.32 Å². The van der Waals surface area contributed by atoms with Crippen LogP contribution in [-0.2, 0) is 19.6 Å². The number of ether oxygens (including phenoxy) is 1. The third-order valence-corrected chi connectivity index (χ3v) is 7.77. The molecule has 30 heavy (non-hydrogen) atoms. The highest BCUT2D eigenvalue weighted by Crippen LogP contribution is 2.22. The number of carbonyl (C=O) groups excluding carboxylic acids is 2. The number of nitrogens with one attached hydrogen (secondary N) is 1. The van der Waals surface area contributed by atoms with Crippen molar-refractivity contribution in [1.29, 1.82) is 0 Å². The van der Waals surface area contributed by atoms with Gasteiger partial charge in [0.05, 0.1) is 10.5 Å². The van der Waals surface area contributed by atoms with Crippen LogP contribution in [-0.4, -0.2) is 49.8 Å². The molecular weight excluding hydrogens is 404 g/mol. The third-order valence-electron chi connectivity index (χ3n) is 5.88. The van der Waals surface area contributed by atoms with Crippen molar-refractivity contribution in [2.75, 3.05) is 13.1 Å². The molecule has 3 rings (SSSR count). The molecule has 2 aliphatic rings. The third kappa shape index (κ3) is 5.82. The molecule has 0 bridgehead atoms. The molecule has 1 saturated carbocycles. The van der Waals surface area contributed by atoms with E-state index in [0.717, 1.165) is 51.4 Å². The van der Waals surface area contributed by atoms with Crippen molar-refractivity contribution in [2.24, 2.45) is 0 Å². The summed E-state index contributed by atoms with van der Waals surface area (Å²) < 4.78 is 32.8. The maximum absolute atomic E-state index is 13.0. The van der Waals surface area contributed by atoms with Gasteiger partial charge < -0.3 is 10.1 Å². The molecule has 1 N–H and O–H groups in total. The van der Waals surface area contributed by atoms with Gasteiger partial charge in [0, 0.05) is 19.1 Å². The first-order valence-electron chi connectivity index (χ1n) is 11.0. The summed E-state index contributed by atoms with van der Waals surface area (Å²) in [5.41, 5.74) is 0.128. The molecule has 1 atom stereocenters. The molecule has 1 aromatic rings. The van der Waals surface area contributed by atoms with Crippen molar-refractivity contribution in [3.05, 3.63) is 29.8 Å². The van der Waals surface area contributed by atoms with E-state index in [1.807, 2.05) is 0 Å². The number of nitrogens with zero attached hydrogens (tertiary/aromatic N) is 1. The lowest BCUT2D eigenvalue weighted by atomic mass is 9.95. The summed E-state index contributed by atoms with van der Waals surface area (Å²) in [5.74, 6) is -1.02. The second kappa shape index (κ2) is 10.4. The van der Waals surface area contributed by atoms with E-state index in [2.05, 4.69) is 5.32 Å². The highest BCUT2D eigenvalue weighted by molar-refractivity contribution is 7.89. The molecule has 0 radical (unpaired) electrons. The number of sulfonamides is 1. The largest absolute Gasteiger partial charge is 0.449 e. The van der Waals surface area contributed by atoms with Crippen LogP contribution in [0.15, 0.2) is 29.2 Å². The number of hydrogen-bond donors (Lipinski definition) is 1. The van der Waals surface area contributed by atoms with Crippen molar-refractivity contribution in [3.8, 4) is 0 Å². The predicted molar refractivity (Wildman–Crippen MR) is 114 cm³/mol. The maximum atomic E-state index is 13.0. The summed E-state index contributed by atoms with van der Waals surface area (Å²) >= 11 is 0. The molecule has 1 heterocycles. The lowest BCUT2D eigenvalue weighted by Gasteiger charge is -2.24. The minimum Gasteiger partial charge on any atom is -0.449 e. The van der Waals surface area contributed by atoms with Crippen molar-refractivity contribution < 1.29 is 22.7 Å². The highest BCUT2D eigenvalue weighted by atomic mass is 32.2. The van der Waals surface area contributed by atoms with Crippen molar-refractivity contribution in [2.45, 2.75) is 81.8 Å². The SMILES string of the molecule is C[C@H](OC(=O)c1cccc(S(=O)(=O)N2CCCCCC2)c1)C(=O)NC1CCCCC1. The number of benzene rings is 1. The monoisotopic (exact) mass is 436 g/mol. The fourth-order valence-electron chi connectivity index (χ4n) is 4.06. The van der Waals surface area contributed by atoms with E-state index in [9.17, 15) is 18.0 Å². The van der Waals surface area contributed by atoms with E-state index < -0.39 is 22.1 Å². The molecule has 166 valence electrons. The van der Waals surface area contributed by atoms with Gasteiger partial charge in [0.1, 0.15) is 0 Å². The van der Waals surface area contributed by atoms with Gasteiger partial charge in [-0.15, -0.1) is 0 Å². The molecule has 1 aliphatic heterocycles. The first-order chi connectivity index (χ1) is 14.4. The molecule has 1 aromatic carbocycles. The standard InChI is InChI=1S/C22H32N2O5S/c1-17(21(25)23-19-11-5-4-6-12-19)29-22(26)18-10-9-13-20(16-18)30(27,28)24-14-7-2-3-8-15-24/h9-10,13,16-17,19H,2-8,11-12,14-15H2,1H3,(H,23,25)/t17-/m0/s1. The number of carbonyl (C=O) groups is 2. The molecule has 0 unspecified atom stereocenters. The Bertz CT molecular complexity index is 841. The van der Waals surface area contributed by atoms with Crippen LogP contribution in [0.3, 0.4) is 0 Å². The Morgan fingerprint density at radius 3 is 2.33 bits per heavy atom. The summed E-state index contributed by atoms with van der Waals surface area (Å²) in [5, 5.41) is 2.94. The van der Waals surface area contributed by atoms with Gasteiger partial charge in [-0.3, -0.25) is 4.79 Å². The Labute approximate surface area is 179 Å². The van der Waals surface area contributed by atoms with Gasteiger partial charge >= 0.3 is 5.97 Å². The van der Waals surface area contributed by atoms with Gasteiger partial charge in [-0.05, 0) is 50.8 Å². The van der Waals surface area contributed by atoms with Crippen LogP contribution in [0.2, 0.25) is 0 Å². The maximum Gasteiger partial charge on any atom is 0.338 e. The van der Waals surface area contributed by atoms with Crippen LogP contribution in [0.1, 0.15) is 75.1 Å². The van der Waals surface area contributed by atoms with Crippen LogP contribution in [0, 0.1) is 0 Å². The summed E-state index contributed by atoms with van der Waals surface area (Å²) in [6.07, 6.45) is 8.07. The number of hydrogen-bond acceptors (Lipinski definition) is 5. The summed E-state index contributed by atoms with van der Waals surface area (Å²) in [4.78, 5) is 25.0. The van der Waals surface area contributed by atoms with Crippen LogP contribution in [0.5, 0.6) is 0 Å². The molecule has 0 aromatic heterocycles. The Hall–Kier alpha value is -1.93. The minimum atomic E-state index is -3.66. The Balaban J connectivity index is 1.64. The zero-order chi connectivity index (χ0) is 21.6. The molecule has 1 aliphatic carbocycles. The lowest BCUT2D eigenvalue weighted by Crippen LogP contribution is -2.42. The first-order valence-corrected chi connectivity index (χ1v) is 12.4. The quantitative estimate of drug-likeness (QED) is 0.691. The van der Waals surface area contributed by atoms with E-state index in [1.165, 1.54) is 41.9 Å². The Morgan fingerprint density at radius 1 is 1.03 bits per heavy atom. The number of esters is 1. The van der Waals surface area contributed by atoms with Gasteiger partial charge in [0.15, 0.2) is 6.10 Å². The Morgan fingerprint density at radius 2 is 1.67 bits per heavy atom. The lowest BCUT2D eigenvalue weighted by molar-refractivity contribution is -0.130. The fourth-order valence-corrected chi connectivity index (χ4v) is 5.63. The number of rotatable bonds is 6. The van der Waals surface area contributed by atoms with Crippen LogP contribution in [0.25, 0.3) is 0 Å². The van der Waals surface area contributed by atoms with E-state index >= 15 is 0 Å². The smallest absolute Gasteiger partial charge is 0.338 e. The molecule has 8 heteroatoms. The number of amides is 1. The van der Waals surface area contributed by atoms with Gasteiger partial charge in [0.2, 0.25) is 10.0 Å². The normalized spacial score (nSPS) is 20.2. The van der Waals surface area contributed by atoms with Gasteiger partial charge in [-0.2, -0.15) is 4.31 Å². The zero-order valence-electron chi connectivity index (χ0n) is 17.6. The van der Waals surface area contributed by atoms with Gasteiger partial charge in [-0.1, -0.05) is 38.2 Å². The topological polar surface area (TPSA) is 92.8 Å². The van der Waals surface area contributed by atoms with E-state index in [0.29, 0.717) is 13.1 Å². The molecule has 1 saturated heterocycles. The minimum absolute atomic E-state index is 0.0816. The fraction of sp³-hybridized carbons (Fsp3) is 0.636. The average molecular weight is 437 g/mol. The zero-order valence-corrected chi connectivity index (χ0v) is 18.5. The molecule has 2 fully saturated rings. The van der Waals surface area contributed by atoms with Crippen LogP contribution in [0.4, 0.5) is 0 Å². The summed E-state index contributed by atoms with van der Waals surface area (Å²) in [6, 6.07) is 6.02. The molecule has 0 spiro atoms. The second-order valence-electron chi connectivity index (χ2n) is 8.24. The van der Waals surface area contributed by atoms with E-state index in [1.54, 1.807) is 0 Å². The molecule has 1 amide bonds. The van der Waals surface area contributed by atoms with Gasteiger partial charge in [0.25, 0.3) is 5.91 Å². The van der Waals surface area contributed by atoms with Gasteiger partial charge in [-0.25, -0.2) is 13.2 Å². The van der Waals surface area contributed by atoms with Crippen molar-refractivity contribution in [3.63, 3.8) is 0 Å². The van der Waals surface area contributed by atoms with Crippen molar-refractivity contribution >= 4 is 21.9 Å². The van der Waals surface area contributed by atoms with Crippen molar-refractivity contribution in [1.82, 2.24) is 9.62 Å². The summed E-state index contributed by atoms with van der Waals surface area (Å²) in [6.45, 7) is 2.53. The second-order valence-corrected chi connectivity index (χ2v) is 10.2. The van der Waals surface area contributed by atoms with E-state index in [-0.39, 0.29) is 22.4 Å². The molecular formula is C22H32N2O5S. The van der Waals surface area contributed by atoms with Crippen LogP contribution >= 0.6 is 0 Å². The summed E-state index contributed by atoms with van der Waals surface area (Å²) in [7, 11) is -3.66. The Kier molecular flexibility index (Phi) is 7.88. The van der Waals surface area contributed by atoms with E-state index in [4.69, 9.17) is 4.74 Å².